The van der Waals surface area contributed by atoms with Gasteiger partial charge in [-0.05, 0) is 0 Å². The van der Waals surface area contributed by atoms with Crippen LogP contribution in [0.3, 0.4) is 0 Å². The first-order valence-electron chi connectivity index (χ1n) is 2.76. The molecule has 0 aromatic carbocycles. The Kier molecular flexibility index (Phi) is 4.95. The highest BCUT2D eigenvalue weighted by Crippen LogP contribution is 1.80. The van der Waals surface area contributed by atoms with Gasteiger partial charge >= 0.3 is 0 Å². The van der Waals surface area contributed by atoms with Crippen molar-refractivity contribution in [1.29, 1.82) is 0 Å². The van der Waals surface area contributed by atoms with Crippen molar-refractivity contribution in [2.45, 2.75) is 6.92 Å². The minimum atomic E-state index is 0.0876. The molecule has 0 saturated carbocycles. The maximum Gasteiger partial charge on any atom is 0.0916 e. The molecule has 0 aliphatic carbocycles. The Bertz CT molecular complexity index is 49.7. The van der Waals surface area contributed by atoms with E-state index in [-0.39, 0.29) is 6.61 Å². The lowest BCUT2D eigenvalue weighted by molar-refractivity contribution is -0.143. The van der Waals surface area contributed by atoms with Crippen LogP contribution >= 0.6 is 0 Å². The molecule has 3 heteroatoms. The minimum absolute atomic E-state index is 0.0876. The molecule has 3 nitrogen and oxygen atoms in total. The van der Waals surface area contributed by atoms with Crippen LogP contribution in [0.1, 0.15) is 6.92 Å². The van der Waals surface area contributed by atoms with E-state index in [9.17, 15) is 0 Å². The standard InChI is InChI=1S/C5H13NO2/c1-3-6(2)8-5-4-7/h7H,3-5H2,1-2H3. The third-order valence-corrected chi connectivity index (χ3v) is 0.848. The van der Waals surface area contributed by atoms with Crippen LogP contribution in [-0.2, 0) is 4.84 Å². The highest BCUT2D eigenvalue weighted by Gasteiger charge is 1.89. The normalized spacial score (nSPS) is 10.5. The fourth-order valence-electron chi connectivity index (χ4n) is 0.288. The third-order valence-electron chi connectivity index (χ3n) is 0.848. The molecule has 0 spiro atoms. The van der Waals surface area contributed by atoms with Gasteiger partial charge in [0.25, 0.3) is 0 Å². The summed E-state index contributed by atoms with van der Waals surface area (Å²) in [5.41, 5.74) is 0. The van der Waals surface area contributed by atoms with E-state index in [1.807, 2.05) is 14.0 Å². The minimum Gasteiger partial charge on any atom is -0.394 e. The summed E-state index contributed by atoms with van der Waals surface area (Å²) in [5.74, 6) is 0. The first kappa shape index (κ1) is 7.88. The van der Waals surface area contributed by atoms with E-state index in [4.69, 9.17) is 9.94 Å². The Morgan fingerprint density at radius 2 is 2.25 bits per heavy atom. The lowest BCUT2D eigenvalue weighted by Crippen LogP contribution is -2.19. The Morgan fingerprint density at radius 3 is 2.62 bits per heavy atom. The van der Waals surface area contributed by atoms with Crippen molar-refractivity contribution >= 4 is 0 Å². The van der Waals surface area contributed by atoms with Crippen LogP contribution in [0.5, 0.6) is 0 Å². The summed E-state index contributed by atoms with van der Waals surface area (Å²) in [6, 6.07) is 0. The molecule has 0 aliphatic rings. The molecule has 0 aromatic rings. The van der Waals surface area contributed by atoms with Gasteiger partial charge in [0.05, 0.1) is 13.2 Å². The molecule has 0 radical (unpaired) electrons. The van der Waals surface area contributed by atoms with E-state index in [1.165, 1.54) is 0 Å². The average molecular weight is 119 g/mol. The van der Waals surface area contributed by atoms with Gasteiger partial charge in [0.2, 0.25) is 0 Å². The monoisotopic (exact) mass is 119 g/mol. The first-order valence-corrected chi connectivity index (χ1v) is 2.76. The van der Waals surface area contributed by atoms with Gasteiger partial charge in [0, 0.05) is 13.6 Å². The Balaban J connectivity index is 2.86. The number of rotatable bonds is 4. The molecule has 0 unspecified atom stereocenters. The van der Waals surface area contributed by atoms with Gasteiger partial charge in [-0.25, -0.2) is 0 Å². The molecule has 0 atom stereocenters. The van der Waals surface area contributed by atoms with E-state index in [0.29, 0.717) is 6.61 Å². The Hall–Kier alpha value is -0.120. The molecule has 0 saturated heterocycles. The number of aliphatic hydroxyl groups is 1. The summed E-state index contributed by atoms with van der Waals surface area (Å²) in [4.78, 5) is 4.92. The molecule has 0 fully saturated rings. The fraction of sp³-hybridized carbons (Fsp3) is 1.00. The van der Waals surface area contributed by atoms with Gasteiger partial charge in [0.1, 0.15) is 0 Å². The number of hydrogen-bond acceptors (Lipinski definition) is 3. The van der Waals surface area contributed by atoms with E-state index in [1.54, 1.807) is 5.06 Å². The van der Waals surface area contributed by atoms with Crippen molar-refractivity contribution in [3.05, 3.63) is 0 Å². The molecule has 0 amide bonds. The maximum absolute atomic E-state index is 8.26. The zero-order valence-corrected chi connectivity index (χ0v) is 5.42. The SMILES string of the molecule is CCN(C)OCCO. The zero-order valence-electron chi connectivity index (χ0n) is 5.42. The van der Waals surface area contributed by atoms with Crippen LogP contribution in [0, 0.1) is 0 Å². The second-order valence-electron chi connectivity index (χ2n) is 1.50. The molecular formula is C5H13NO2. The fourth-order valence-corrected chi connectivity index (χ4v) is 0.288. The Labute approximate surface area is 49.8 Å². The van der Waals surface area contributed by atoms with Gasteiger partial charge in [-0.15, -0.1) is 0 Å². The molecule has 0 rings (SSSR count). The summed E-state index contributed by atoms with van der Waals surface area (Å²) in [5, 5.41) is 9.94. The summed E-state index contributed by atoms with van der Waals surface area (Å²) in [6.07, 6.45) is 0. The summed E-state index contributed by atoms with van der Waals surface area (Å²) in [7, 11) is 1.83. The quantitative estimate of drug-likeness (QED) is 0.523. The van der Waals surface area contributed by atoms with Gasteiger partial charge in [0.15, 0.2) is 0 Å². The van der Waals surface area contributed by atoms with Crippen molar-refractivity contribution in [2.75, 3.05) is 26.8 Å². The smallest absolute Gasteiger partial charge is 0.0916 e. The van der Waals surface area contributed by atoms with Gasteiger partial charge in [-0.3, -0.25) is 4.84 Å². The van der Waals surface area contributed by atoms with Crippen molar-refractivity contribution in [3.63, 3.8) is 0 Å². The zero-order chi connectivity index (χ0) is 6.41. The molecule has 50 valence electrons. The average Bonchev–Trinajstić information content (AvgIpc) is 1.83. The summed E-state index contributed by atoms with van der Waals surface area (Å²) in [6.45, 7) is 3.31. The number of nitrogens with zero attached hydrogens (tertiary/aromatic N) is 1. The molecule has 0 aromatic heterocycles. The number of hydrogen-bond donors (Lipinski definition) is 1. The second-order valence-corrected chi connectivity index (χ2v) is 1.50. The number of hydroxylamine groups is 2. The topological polar surface area (TPSA) is 32.7 Å². The molecule has 1 N–H and O–H groups in total. The molecule has 8 heavy (non-hydrogen) atoms. The first-order chi connectivity index (χ1) is 3.81. The number of aliphatic hydroxyl groups excluding tert-OH is 1. The van der Waals surface area contributed by atoms with Crippen molar-refractivity contribution in [1.82, 2.24) is 5.06 Å². The van der Waals surface area contributed by atoms with E-state index < -0.39 is 0 Å². The Morgan fingerprint density at radius 1 is 1.62 bits per heavy atom. The maximum atomic E-state index is 8.26. The predicted molar refractivity (Wildman–Crippen MR) is 31.3 cm³/mol. The van der Waals surface area contributed by atoms with E-state index in [0.717, 1.165) is 6.54 Å². The molecular weight excluding hydrogens is 106 g/mol. The van der Waals surface area contributed by atoms with Crippen molar-refractivity contribution < 1.29 is 9.94 Å². The van der Waals surface area contributed by atoms with Crippen LogP contribution in [0.15, 0.2) is 0 Å². The van der Waals surface area contributed by atoms with Crippen LogP contribution in [-0.4, -0.2) is 37.0 Å². The second kappa shape index (κ2) is 5.03. The highest BCUT2D eigenvalue weighted by molar-refractivity contribution is 4.24. The van der Waals surface area contributed by atoms with Crippen molar-refractivity contribution in [2.24, 2.45) is 0 Å². The molecule has 0 aliphatic heterocycles. The summed E-state index contributed by atoms with van der Waals surface area (Å²) >= 11 is 0. The van der Waals surface area contributed by atoms with Crippen molar-refractivity contribution in [3.8, 4) is 0 Å². The lowest BCUT2D eigenvalue weighted by Gasteiger charge is -2.11. The molecule has 0 bridgehead atoms. The highest BCUT2D eigenvalue weighted by atomic mass is 16.7. The van der Waals surface area contributed by atoms with Crippen LogP contribution < -0.4 is 0 Å². The van der Waals surface area contributed by atoms with Gasteiger partial charge in [-0.2, -0.15) is 5.06 Å². The van der Waals surface area contributed by atoms with Crippen LogP contribution in [0.4, 0.5) is 0 Å². The predicted octanol–water partition coefficient (Wildman–Crippen LogP) is -0.138. The third kappa shape index (κ3) is 4.05. The van der Waals surface area contributed by atoms with Crippen LogP contribution in [0.2, 0.25) is 0 Å². The van der Waals surface area contributed by atoms with Crippen LogP contribution in [0.25, 0.3) is 0 Å². The van der Waals surface area contributed by atoms with E-state index >= 15 is 0 Å². The van der Waals surface area contributed by atoms with Gasteiger partial charge < -0.3 is 5.11 Å². The lowest BCUT2D eigenvalue weighted by atomic mass is 10.7. The van der Waals surface area contributed by atoms with E-state index in [2.05, 4.69) is 0 Å². The summed E-state index contributed by atoms with van der Waals surface area (Å²) < 4.78 is 0. The van der Waals surface area contributed by atoms with Gasteiger partial charge in [-0.1, -0.05) is 6.92 Å². The largest absolute Gasteiger partial charge is 0.394 e. The molecule has 0 heterocycles.